The summed E-state index contributed by atoms with van der Waals surface area (Å²) in [4.78, 5) is 11.5. The molecule has 0 spiro atoms. The van der Waals surface area contributed by atoms with Gasteiger partial charge in [-0.2, -0.15) is 0 Å². The van der Waals surface area contributed by atoms with E-state index in [0.29, 0.717) is 16.5 Å². The third-order valence-corrected chi connectivity index (χ3v) is 4.22. The molecule has 20 heavy (non-hydrogen) atoms. The Hall–Kier alpha value is -1.06. The van der Waals surface area contributed by atoms with Gasteiger partial charge in [-0.25, -0.2) is 4.79 Å². The van der Waals surface area contributed by atoms with Gasteiger partial charge < -0.3 is 9.84 Å². The number of hydrogen-bond donors (Lipinski definition) is 1. The molecule has 0 saturated heterocycles. The number of hydrogen-bond acceptors (Lipinski definition) is 3. The van der Waals surface area contributed by atoms with E-state index in [-0.39, 0.29) is 6.61 Å². The van der Waals surface area contributed by atoms with E-state index in [2.05, 4.69) is 0 Å². The highest BCUT2D eigenvalue weighted by atomic mass is 35.5. The maximum absolute atomic E-state index is 11.5. The molecule has 3 nitrogen and oxygen atoms in total. The quantitative estimate of drug-likeness (QED) is 0.855. The number of halogens is 1. The zero-order valence-corrected chi connectivity index (χ0v) is 12.5. The summed E-state index contributed by atoms with van der Waals surface area (Å²) in [6.45, 7) is 1.97. The van der Waals surface area contributed by atoms with Crippen LogP contribution in [-0.4, -0.2) is 17.7 Å². The first-order valence-electron chi connectivity index (χ1n) is 7.27. The van der Waals surface area contributed by atoms with Gasteiger partial charge >= 0.3 is 5.97 Å². The van der Waals surface area contributed by atoms with Crippen molar-refractivity contribution < 1.29 is 14.6 Å². The van der Waals surface area contributed by atoms with Crippen LogP contribution in [0.25, 0.3) is 0 Å². The van der Waals surface area contributed by atoms with E-state index in [0.717, 1.165) is 5.56 Å². The highest BCUT2D eigenvalue weighted by Gasteiger charge is 2.22. The number of carbonyl (C=O) groups is 1. The molecule has 0 bridgehead atoms. The number of aliphatic hydroxyl groups excluding tert-OH is 1. The Balaban J connectivity index is 2.14. The largest absolute Gasteiger partial charge is 0.464 e. The standard InChI is InChI=1S/C16H21ClO3/c1-2-20-16(19)15(18)12-8-9-13(14(17)10-12)11-6-4-3-5-7-11/h8-11,15,18H,2-7H2,1H3. The van der Waals surface area contributed by atoms with Crippen LogP contribution in [-0.2, 0) is 9.53 Å². The molecule has 0 radical (unpaired) electrons. The average molecular weight is 297 g/mol. The number of ether oxygens (including phenoxy) is 1. The summed E-state index contributed by atoms with van der Waals surface area (Å²) in [6, 6.07) is 5.40. The van der Waals surface area contributed by atoms with Crippen molar-refractivity contribution in [2.24, 2.45) is 0 Å². The summed E-state index contributed by atoms with van der Waals surface area (Å²) in [5.41, 5.74) is 1.62. The second kappa shape index (κ2) is 7.09. The first-order chi connectivity index (χ1) is 9.63. The minimum absolute atomic E-state index is 0.254. The molecular formula is C16H21ClO3. The minimum atomic E-state index is -1.26. The summed E-state index contributed by atoms with van der Waals surface area (Å²) < 4.78 is 4.81. The van der Waals surface area contributed by atoms with Crippen molar-refractivity contribution in [3.8, 4) is 0 Å². The minimum Gasteiger partial charge on any atom is -0.464 e. The Bertz CT molecular complexity index is 467. The molecule has 1 aromatic carbocycles. The summed E-state index contributed by atoms with van der Waals surface area (Å²) in [7, 11) is 0. The van der Waals surface area contributed by atoms with Gasteiger partial charge in [-0.15, -0.1) is 0 Å². The normalized spacial score (nSPS) is 17.8. The number of carbonyl (C=O) groups excluding carboxylic acids is 1. The molecule has 1 fully saturated rings. The molecular weight excluding hydrogens is 276 g/mol. The Morgan fingerprint density at radius 1 is 1.40 bits per heavy atom. The number of benzene rings is 1. The van der Waals surface area contributed by atoms with Crippen molar-refractivity contribution in [3.63, 3.8) is 0 Å². The van der Waals surface area contributed by atoms with Gasteiger partial charge in [-0.3, -0.25) is 0 Å². The highest BCUT2D eigenvalue weighted by molar-refractivity contribution is 6.31. The zero-order chi connectivity index (χ0) is 14.5. The van der Waals surface area contributed by atoms with Crippen LogP contribution in [0.15, 0.2) is 18.2 Å². The van der Waals surface area contributed by atoms with E-state index < -0.39 is 12.1 Å². The molecule has 0 aromatic heterocycles. The van der Waals surface area contributed by atoms with Gasteiger partial charge in [0.25, 0.3) is 0 Å². The molecule has 110 valence electrons. The predicted octanol–water partition coefficient (Wildman–Crippen LogP) is 3.98. The molecule has 1 N–H and O–H groups in total. The summed E-state index contributed by atoms with van der Waals surface area (Å²) in [5.74, 6) is -0.126. The fourth-order valence-electron chi connectivity index (χ4n) is 2.82. The van der Waals surface area contributed by atoms with E-state index in [9.17, 15) is 9.90 Å². The van der Waals surface area contributed by atoms with Crippen molar-refractivity contribution in [2.45, 2.75) is 51.0 Å². The molecule has 0 heterocycles. The first kappa shape index (κ1) is 15.3. The van der Waals surface area contributed by atoms with Crippen molar-refractivity contribution in [3.05, 3.63) is 34.3 Å². The SMILES string of the molecule is CCOC(=O)C(O)c1ccc(C2CCCCC2)c(Cl)c1. The van der Waals surface area contributed by atoms with Gasteiger partial charge in [-0.05, 0) is 42.9 Å². The lowest BCUT2D eigenvalue weighted by Gasteiger charge is -2.23. The van der Waals surface area contributed by atoms with Crippen molar-refractivity contribution >= 4 is 17.6 Å². The van der Waals surface area contributed by atoms with Crippen LogP contribution < -0.4 is 0 Å². The third kappa shape index (κ3) is 3.53. The lowest BCUT2D eigenvalue weighted by molar-refractivity contribution is -0.153. The van der Waals surface area contributed by atoms with E-state index in [1.54, 1.807) is 19.1 Å². The van der Waals surface area contributed by atoms with Crippen LogP contribution in [0.4, 0.5) is 0 Å². The molecule has 1 aliphatic rings. The summed E-state index contributed by atoms with van der Waals surface area (Å²) >= 11 is 6.33. The van der Waals surface area contributed by atoms with Gasteiger partial charge in [0.15, 0.2) is 6.10 Å². The number of rotatable bonds is 4. The second-order valence-electron chi connectivity index (χ2n) is 5.27. The van der Waals surface area contributed by atoms with Gasteiger partial charge in [-0.1, -0.05) is 43.0 Å². The molecule has 1 aliphatic carbocycles. The van der Waals surface area contributed by atoms with Crippen LogP contribution >= 0.6 is 11.6 Å². The van der Waals surface area contributed by atoms with Crippen molar-refractivity contribution in [2.75, 3.05) is 6.61 Å². The maximum Gasteiger partial charge on any atom is 0.339 e. The number of aliphatic hydroxyl groups is 1. The summed E-state index contributed by atoms with van der Waals surface area (Å²) in [6.07, 6.45) is 4.86. The predicted molar refractivity (Wildman–Crippen MR) is 78.9 cm³/mol. The van der Waals surface area contributed by atoms with E-state index in [1.165, 1.54) is 32.1 Å². The first-order valence-corrected chi connectivity index (χ1v) is 7.65. The molecule has 4 heteroatoms. The van der Waals surface area contributed by atoms with E-state index in [1.807, 2.05) is 6.07 Å². The van der Waals surface area contributed by atoms with Gasteiger partial charge in [0, 0.05) is 5.02 Å². The van der Waals surface area contributed by atoms with Gasteiger partial charge in [0.1, 0.15) is 0 Å². The Morgan fingerprint density at radius 2 is 2.10 bits per heavy atom. The van der Waals surface area contributed by atoms with Crippen LogP contribution in [0.2, 0.25) is 5.02 Å². The van der Waals surface area contributed by atoms with Crippen LogP contribution in [0.5, 0.6) is 0 Å². The molecule has 0 amide bonds. The van der Waals surface area contributed by atoms with Crippen LogP contribution in [0.1, 0.15) is 62.2 Å². The molecule has 1 atom stereocenters. The fraction of sp³-hybridized carbons (Fsp3) is 0.562. The maximum atomic E-state index is 11.5. The second-order valence-corrected chi connectivity index (χ2v) is 5.68. The summed E-state index contributed by atoms with van der Waals surface area (Å²) in [5, 5.41) is 10.5. The molecule has 1 unspecified atom stereocenters. The van der Waals surface area contributed by atoms with Crippen molar-refractivity contribution in [1.82, 2.24) is 0 Å². The van der Waals surface area contributed by atoms with Crippen LogP contribution in [0, 0.1) is 0 Å². The Kier molecular flexibility index (Phi) is 5.44. The smallest absolute Gasteiger partial charge is 0.339 e. The van der Waals surface area contributed by atoms with E-state index in [4.69, 9.17) is 16.3 Å². The average Bonchev–Trinajstić information content (AvgIpc) is 2.47. The lowest BCUT2D eigenvalue weighted by Crippen LogP contribution is -2.15. The molecule has 1 aromatic rings. The zero-order valence-electron chi connectivity index (χ0n) is 11.8. The lowest BCUT2D eigenvalue weighted by atomic mass is 9.83. The molecule has 2 rings (SSSR count). The van der Waals surface area contributed by atoms with Crippen molar-refractivity contribution in [1.29, 1.82) is 0 Å². The van der Waals surface area contributed by atoms with E-state index >= 15 is 0 Å². The fourth-order valence-corrected chi connectivity index (χ4v) is 3.16. The highest BCUT2D eigenvalue weighted by Crippen LogP contribution is 2.37. The van der Waals surface area contributed by atoms with Crippen LogP contribution in [0.3, 0.4) is 0 Å². The van der Waals surface area contributed by atoms with Gasteiger partial charge in [0.2, 0.25) is 0 Å². The molecule has 1 saturated carbocycles. The topological polar surface area (TPSA) is 46.5 Å². The Morgan fingerprint density at radius 3 is 2.70 bits per heavy atom. The Labute approximate surface area is 124 Å². The third-order valence-electron chi connectivity index (χ3n) is 3.90. The molecule has 0 aliphatic heterocycles. The van der Waals surface area contributed by atoms with Gasteiger partial charge in [0.05, 0.1) is 6.61 Å². The monoisotopic (exact) mass is 296 g/mol. The number of esters is 1.